The number of carbonyl (C=O) groups excluding carboxylic acids is 3. The van der Waals surface area contributed by atoms with Crippen LogP contribution in [0, 0.1) is 5.92 Å². The maximum atomic E-state index is 13.9. The Morgan fingerprint density at radius 2 is 1.89 bits per heavy atom. The van der Waals surface area contributed by atoms with Crippen molar-refractivity contribution in [1.29, 1.82) is 0 Å². The van der Waals surface area contributed by atoms with Gasteiger partial charge < -0.3 is 15.0 Å². The van der Waals surface area contributed by atoms with Crippen LogP contribution >= 0.6 is 11.6 Å². The van der Waals surface area contributed by atoms with Gasteiger partial charge in [0, 0.05) is 36.8 Å². The third kappa shape index (κ3) is 4.52. The highest BCUT2D eigenvalue weighted by Gasteiger charge is 2.58. The molecule has 1 aromatic carbocycles. The molecule has 0 unspecified atom stereocenters. The molecule has 0 aliphatic carbocycles. The number of benzene rings is 1. The number of hydrogen-bond acceptors (Lipinski definition) is 5. The molecule has 3 fully saturated rings. The highest BCUT2D eigenvalue weighted by atomic mass is 35.5. The third-order valence-corrected chi connectivity index (χ3v) is 7.74. The Morgan fingerprint density at radius 1 is 1.11 bits per heavy atom. The summed E-state index contributed by atoms with van der Waals surface area (Å²) in [5, 5.41) is 3.60. The molecule has 35 heavy (non-hydrogen) atoms. The number of halogens is 1. The largest absolute Gasteiger partial charge is 0.376 e. The van der Waals surface area contributed by atoms with E-state index in [4.69, 9.17) is 16.3 Å². The number of aromatic nitrogens is 1. The highest BCUT2D eigenvalue weighted by Crippen LogP contribution is 2.41. The number of likely N-dealkylation sites (tertiary alicyclic amines) is 1. The van der Waals surface area contributed by atoms with Crippen molar-refractivity contribution >= 4 is 29.4 Å². The second kappa shape index (κ2) is 9.95. The van der Waals surface area contributed by atoms with Crippen molar-refractivity contribution < 1.29 is 19.1 Å². The van der Waals surface area contributed by atoms with E-state index in [-0.39, 0.29) is 36.8 Å². The number of ether oxygens (including phenoxy) is 1. The van der Waals surface area contributed by atoms with Crippen LogP contribution in [0.15, 0.2) is 48.7 Å². The van der Waals surface area contributed by atoms with Crippen LogP contribution in [0.2, 0.25) is 5.02 Å². The van der Waals surface area contributed by atoms with Gasteiger partial charge in [0.2, 0.25) is 5.91 Å². The fourth-order valence-corrected chi connectivity index (χ4v) is 5.69. The number of rotatable bonds is 6. The summed E-state index contributed by atoms with van der Waals surface area (Å²) in [5.41, 5.74) is 0.0951. The van der Waals surface area contributed by atoms with E-state index >= 15 is 0 Å². The lowest BCUT2D eigenvalue weighted by atomic mass is 9.75. The standard InChI is InChI=1S/C26H29ClN4O4/c27-21-8-2-1-6-18(21)16-23(32)30-13-10-19(11-14-30)26(22-9-3-4-12-28-22)24(33)31(25(34)29-26)17-20-7-5-15-35-20/h1-4,6,8-9,12,19-20H,5,7,10-11,13-17H2,(H,29,34)/t20-,26+/m0/s1. The molecule has 8 nitrogen and oxygen atoms in total. The fourth-order valence-electron chi connectivity index (χ4n) is 5.49. The van der Waals surface area contributed by atoms with E-state index < -0.39 is 11.6 Å². The van der Waals surface area contributed by atoms with E-state index in [1.807, 2.05) is 29.2 Å². The van der Waals surface area contributed by atoms with Gasteiger partial charge in [0.25, 0.3) is 5.91 Å². The van der Waals surface area contributed by atoms with Gasteiger partial charge in [-0.05, 0) is 49.4 Å². The summed E-state index contributed by atoms with van der Waals surface area (Å²) < 4.78 is 5.69. The second-order valence-electron chi connectivity index (χ2n) is 9.43. The van der Waals surface area contributed by atoms with Crippen molar-refractivity contribution in [3.05, 3.63) is 64.9 Å². The van der Waals surface area contributed by atoms with E-state index in [0.29, 0.717) is 43.3 Å². The first-order valence-corrected chi connectivity index (χ1v) is 12.5. The Hall–Kier alpha value is -2.97. The summed E-state index contributed by atoms with van der Waals surface area (Å²) in [7, 11) is 0. The number of amides is 4. The minimum absolute atomic E-state index is 0.00484. The Kier molecular flexibility index (Phi) is 6.75. The van der Waals surface area contributed by atoms with Gasteiger partial charge in [0.15, 0.2) is 5.54 Å². The molecule has 0 radical (unpaired) electrons. The Labute approximate surface area is 209 Å². The third-order valence-electron chi connectivity index (χ3n) is 7.37. The lowest BCUT2D eigenvalue weighted by Crippen LogP contribution is -2.55. The van der Waals surface area contributed by atoms with Gasteiger partial charge in [-0.2, -0.15) is 0 Å². The molecule has 5 rings (SSSR count). The molecule has 4 amide bonds. The predicted molar refractivity (Wildman–Crippen MR) is 130 cm³/mol. The number of pyridine rings is 1. The van der Waals surface area contributed by atoms with E-state index in [0.717, 1.165) is 18.4 Å². The number of imide groups is 1. The highest BCUT2D eigenvalue weighted by molar-refractivity contribution is 6.31. The van der Waals surface area contributed by atoms with Crippen LogP contribution in [-0.2, 0) is 26.3 Å². The SMILES string of the molecule is O=C(Cc1ccccc1Cl)N1CCC([C@]2(c3ccccn3)NC(=O)N(C[C@@H]3CCCO3)C2=O)CC1. The van der Waals surface area contributed by atoms with Crippen molar-refractivity contribution in [3.63, 3.8) is 0 Å². The molecular weight excluding hydrogens is 468 g/mol. The second-order valence-corrected chi connectivity index (χ2v) is 9.83. The monoisotopic (exact) mass is 496 g/mol. The lowest BCUT2D eigenvalue weighted by molar-refractivity contribution is -0.137. The van der Waals surface area contributed by atoms with E-state index in [2.05, 4.69) is 10.3 Å². The average molecular weight is 497 g/mol. The van der Waals surface area contributed by atoms with Crippen LogP contribution in [0.1, 0.15) is 36.9 Å². The maximum Gasteiger partial charge on any atom is 0.325 e. The van der Waals surface area contributed by atoms with Crippen LogP contribution in [0.5, 0.6) is 0 Å². The summed E-state index contributed by atoms with van der Waals surface area (Å²) in [6, 6.07) is 12.4. The number of nitrogens with one attached hydrogen (secondary N) is 1. The molecule has 1 aromatic heterocycles. The molecule has 2 atom stereocenters. The van der Waals surface area contributed by atoms with Gasteiger partial charge in [-0.15, -0.1) is 0 Å². The molecule has 184 valence electrons. The first kappa shape index (κ1) is 23.8. The van der Waals surface area contributed by atoms with Crippen molar-refractivity contribution in [3.8, 4) is 0 Å². The van der Waals surface area contributed by atoms with Crippen LogP contribution in [-0.4, -0.2) is 65.0 Å². The smallest absolute Gasteiger partial charge is 0.325 e. The van der Waals surface area contributed by atoms with E-state index in [1.54, 1.807) is 24.4 Å². The van der Waals surface area contributed by atoms with Gasteiger partial charge in [0.1, 0.15) is 0 Å². The van der Waals surface area contributed by atoms with Gasteiger partial charge in [-0.3, -0.25) is 19.5 Å². The number of carbonyl (C=O) groups is 3. The van der Waals surface area contributed by atoms with Crippen molar-refractivity contribution in [2.45, 2.75) is 43.7 Å². The fraction of sp³-hybridized carbons (Fsp3) is 0.462. The lowest BCUT2D eigenvalue weighted by Gasteiger charge is -2.40. The minimum Gasteiger partial charge on any atom is -0.376 e. The van der Waals surface area contributed by atoms with Crippen molar-refractivity contribution in [2.24, 2.45) is 5.92 Å². The van der Waals surface area contributed by atoms with Gasteiger partial charge >= 0.3 is 6.03 Å². The molecule has 3 saturated heterocycles. The normalized spacial score (nSPS) is 25.2. The zero-order valence-electron chi connectivity index (χ0n) is 19.5. The Balaban J connectivity index is 1.34. The van der Waals surface area contributed by atoms with Crippen LogP contribution in [0.3, 0.4) is 0 Å². The number of nitrogens with zero attached hydrogens (tertiary/aromatic N) is 3. The Morgan fingerprint density at radius 3 is 2.57 bits per heavy atom. The zero-order valence-corrected chi connectivity index (χ0v) is 20.2. The summed E-state index contributed by atoms with van der Waals surface area (Å²) in [6.45, 7) is 1.89. The molecule has 0 spiro atoms. The molecular formula is C26H29ClN4O4. The predicted octanol–water partition coefficient (Wildman–Crippen LogP) is 3.14. The molecule has 0 saturated carbocycles. The Bertz CT molecular complexity index is 1100. The molecule has 3 aliphatic heterocycles. The van der Waals surface area contributed by atoms with Crippen LogP contribution < -0.4 is 5.32 Å². The van der Waals surface area contributed by atoms with Gasteiger partial charge in [-0.25, -0.2) is 4.79 Å². The number of urea groups is 1. The molecule has 9 heteroatoms. The summed E-state index contributed by atoms with van der Waals surface area (Å²) in [5.74, 6) is -0.463. The van der Waals surface area contributed by atoms with Crippen molar-refractivity contribution in [1.82, 2.24) is 20.1 Å². The van der Waals surface area contributed by atoms with Crippen molar-refractivity contribution in [2.75, 3.05) is 26.2 Å². The van der Waals surface area contributed by atoms with E-state index in [9.17, 15) is 14.4 Å². The average Bonchev–Trinajstić information content (AvgIpc) is 3.49. The quantitative estimate of drug-likeness (QED) is 0.620. The maximum absolute atomic E-state index is 13.9. The van der Waals surface area contributed by atoms with Gasteiger partial charge in [0.05, 0.1) is 24.8 Å². The molecule has 0 bridgehead atoms. The topological polar surface area (TPSA) is 91.8 Å². The van der Waals surface area contributed by atoms with Crippen LogP contribution in [0.4, 0.5) is 4.79 Å². The number of piperidine rings is 1. The first-order valence-electron chi connectivity index (χ1n) is 12.2. The summed E-state index contributed by atoms with van der Waals surface area (Å²) in [4.78, 5) is 47.5. The minimum atomic E-state index is -1.24. The van der Waals surface area contributed by atoms with Gasteiger partial charge in [-0.1, -0.05) is 35.9 Å². The van der Waals surface area contributed by atoms with E-state index in [1.165, 1.54) is 4.90 Å². The summed E-state index contributed by atoms with van der Waals surface area (Å²) >= 11 is 6.24. The zero-order chi connectivity index (χ0) is 24.4. The number of hydrogen-bond donors (Lipinski definition) is 1. The summed E-state index contributed by atoms with van der Waals surface area (Å²) in [6.07, 6.45) is 4.66. The van der Waals surface area contributed by atoms with Crippen LogP contribution in [0.25, 0.3) is 0 Å². The molecule has 4 heterocycles. The first-order chi connectivity index (χ1) is 17.0. The molecule has 3 aliphatic rings. The molecule has 1 N–H and O–H groups in total. The molecule has 2 aromatic rings.